The highest BCUT2D eigenvalue weighted by Gasteiger charge is 2.37. The predicted octanol–water partition coefficient (Wildman–Crippen LogP) is 3.00. The second-order valence-electron chi connectivity index (χ2n) is 5.89. The van der Waals surface area contributed by atoms with Crippen molar-refractivity contribution in [1.82, 2.24) is 4.90 Å². The first kappa shape index (κ1) is 12.8. The number of aromatic hydroxyl groups is 2. The van der Waals surface area contributed by atoms with Crippen molar-refractivity contribution in [2.75, 3.05) is 13.1 Å². The lowest BCUT2D eigenvalue weighted by Crippen LogP contribution is -2.46. The van der Waals surface area contributed by atoms with Gasteiger partial charge in [-0.2, -0.15) is 0 Å². The molecule has 1 saturated heterocycles. The third-order valence-corrected chi connectivity index (χ3v) is 4.79. The summed E-state index contributed by atoms with van der Waals surface area (Å²) >= 11 is 0. The Kier molecular flexibility index (Phi) is 3.40. The summed E-state index contributed by atoms with van der Waals surface area (Å²) in [5.41, 5.74) is 2.26. The SMILES string of the molecule is CCCN1CCC[C@H]2c3ccc(O)c(O)c3CC[C@@H]21. The Balaban J connectivity index is 1.94. The number of hydrogen-bond acceptors (Lipinski definition) is 3. The topological polar surface area (TPSA) is 43.7 Å². The van der Waals surface area contributed by atoms with Gasteiger partial charge in [-0.05, 0) is 62.7 Å². The van der Waals surface area contributed by atoms with Crippen LogP contribution in [-0.2, 0) is 6.42 Å². The molecule has 3 heteroatoms. The largest absolute Gasteiger partial charge is 0.504 e. The van der Waals surface area contributed by atoms with Crippen molar-refractivity contribution in [1.29, 1.82) is 0 Å². The number of phenolic OH excluding ortho intramolecular Hbond substituents is 2. The van der Waals surface area contributed by atoms with E-state index in [4.69, 9.17) is 0 Å². The molecule has 0 radical (unpaired) electrons. The second-order valence-corrected chi connectivity index (χ2v) is 5.89. The molecular weight excluding hydrogens is 238 g/mol. The van der Waals surface area contributed by atoms with Crippen LogP contribution in [0.1, 0.15) is 49.7 Å². The molecule has 0 unspecified atom stereocenters. The Labute approximate surface area is 114 Å². The summed E-state index contributed by atoms with van der Waals surface area (Å²) in [6.45, 7) is 4.64. The van der Waals surface area contributed by atoms with Crippen molar-refractivity contribution in [2.45, 2.75) is 51.0 Å². The molecule has 1 aromatic rings. The van der Waals surface area contributed by atoms with Crippen LogP contribution in [0.2, 0.25) is 0 Å². The first-order valence-corrected chi connectivity index (χ1v) is 7.50. The summed E-state index contributed by atoms with van der Waals surface area (Å²) in [6.07, 6.45) is 5.65. The molecule has 0 bridgehead atoms. The van der Waals surface area contributed by atoms with E-state index in [-0.39, 0.29) is 11.5 Å². The van der Waals surface area contributed by atoms with Crippen LogP contribution in [0.25, 0.3) is 0 Å². The van der Waals surface area contributed by atoms with E-state index in [0.717, 1.165) is 18.4 Å². The van der Waals surface area contributed by atoms with Gasteiger partial charge in [-0.25, -0.2) is 0 Å². The summed E-state index contributed by atoms with van der Waals surface area (Å²) in [5.74, 6) is 0.678. The standard InChI is InChI=1S/C16H23NO2/c1-2-9-17-10-3-4-12-11-6-8-15(18)16(19)13(11)5-7-14(12)17/h6,8,12,14,18-19H,2-5,7,9-10H2,1H3/t12-,14-/m0/s1. The van der Waals surface area contributed by atoms with Crippen molar-refractivity contribution in [3.63, 3.8) is 0 Å². The molecule has 1 fully saturated rings. The zero-order valence-corrected chi connectivity index (χ0v) is 11.6. The van der Waals surface area contributed by atoms with Crippen molar-refractivity contribution in [3.05, 3.63) is 23.3 Å². The summed E-state index contributed by atoms with van der Waals surface area (Å²) in [4.78, 5) is 2.63. The van der Waals surface area contributed by atoms with Gasteiger partial charge in [-0.1, -0.05) is 13.0 Å². The average molecular weight is 261 g/mol. The lowest BCUT2D eigenvalue weighted by Gasteiger charge is -2.45. The van der Waals surface area contributed by atoms with Gasteiger partial charge >= 0.3 is 0 Å². The van der Waals surface area contributed by atoms with E-state index in [1.807, 2.05) is 6.07 Å². The second kappa shape index (κ2) is 5.04. The van der Waals surface area contributed by atoms with E-state index >= 15 is 0 Å². The van der Waals surface area contributed by atoms with E-state index in [0.29, 0.717) is 12.0 Å². The Bertz CT molecular complexity index is 470. The van der Waals surface area contributed by atoms with E-state index in [1.54, 1.807) is 6.07 Å². The lowest BCUT2D eigenvalue weighted by molar-refractivity contribution is 0.112. The number of rotatable bonds is 2. The van der Waals surface area contributed by atoms with Gasteiger partial charge in [0.1, 0.15) is 0 Å². The first-order chi connectivity index (χ1) is 9.22. The molecule has 0 aromatic heterocycles. The predicted molar refractivity (Wildman–Crippen MR) is 75.7 cm³/mol. The average Bonchev–Trinajstić information content (AvgIpc) is 2.43. The molecule has 104 valence electrons. The van der Waals surface area contributed by atoms with Gasteiger partial charge in [0, 0.05) is 11.6 Å². The molecule has 1 aliphatic heterocycles. The number of benzene rings is 1. The molecule has 3 rings (SSSR count). The summed E-state index contributed by atoms with van der Waals surface area (Å²) in [5, 5.41) is 19.7. The number of phenols is 2. The van der Waals surface area contributed by atoms with E-state index < -0.39 is 0 Å². The normalized spacial score (nSPS) is 26.8. The highest BCUT2D eigenvalue weighted by atomic mass is 16.3. The smallest absolute Gasteiger partial charge is 0.160 e. The first-order valence-electron chi connectivity index (χ1n) is 7.50. The Morgan fingerprint density at radius 3 is 2.89 bits per heavy atom. The molecule has 0 amide bonds. The number of fused-ring (bicyclic) bond motifs is 3. The minimum Gasteiger partial charge on any atom is -0.504 e. The third-order valence-electron chi connectivity index (χ3n) is 4.79. The highest BCUT2D eigenvalue weighted by molar-refractivity contribution is 5.51. The molecule has 0 saturated carbocycles. The number of hydrogen-bond donors (Lipinski definition) is 2. The summed E-state index contributed by atoms with van der Waals surface area (Å²) in [6, 6.07) is 4.30. The fourth-order valence-electron chi connectivity index (χ4n) is 3.98. The summed E-state index contributed by atoms with van der Waals surface area (Å²) in [7, 11) is 0. The van der Waals surface area contributed by atoms with Crippen LogP contribution in [-0.4, -0.2) is 34.2 Å². The van der Waals surface area contributed by atoms with Crippen LogP contribution in [0.5, 0.6) is 11.5 Å². The molecule has 1 aliphatic carbocycles. The Morgan fingerprint density at radius 1 is 1.26 bits per heavy atom. The quantitative estimate of drug-likeness (QED) is 0.804. The molecule has 1 heterocycles. The molecule has 1 aromatic carbocycles. The molecule has 19 heavy (non-hydrogen) atoms. The maximum atomic E-state index is 10.0. The van der Waals surface area contributed by atoms with Gasteiger partial charge in [0.2, 0.25) is 0 Å². The molecule has 3 nitrogen and oxygen atoms in total. The Morgan fingerprint density at radius 2 is 2.11 bits per heavy atom. The molecule has 2 atom stereocenters. The van der Waals surface area contributed by atoms with Gasteiger partial charge in [0.25, 0.3) is 0 Å². The Hall–Kier alpha value is -1.22. The van der Waals surface area contributed by atoms with Gasteiger partial charge in [0.05, 0.1) is 0 Å². The summed E-state index contributed by atoms with van der Waals surface area (Å²) < 4.78 is 0. The van der Waals surface area contributed by atoms with Crippen LogP contribution >= 0.6 is 0 Å². The van der Waals surface area contributed by atoms with Crippen molar-refractivity contribution < 1.29 is 10.2 Å². The van der Waals surface area contributed by atoms with Gasteiger partial charge < -0.3 is 10.2 Å². The van der Waals surface area contributed by atoms with Crippen molar-refractivity contribution >= 4 is 0 Å². The third kappa shape index (κ3) is 2.10. The number of nitrogens with zero attached hydrogens (tertiary/aromatic N) is 1. The van der Waals surface area contributed by atoms with Crippen LogP contribution in [0, 0.1) is 0 Å². The number of piperidine rings is 1. The zero-order chi connectivity index (χ0) is 13.4. The maximum Gasteiger partial charge on any atom is 0.160 e. The molecule has 0 spiro atoms. The monoisotopic (exact) mass is 261 g/mol. The minimum atomic E-state index is 0.0263. The van der Waals surface area contributed by atoms with Gasteiger partial charge in [-0.15, -0.1) is 0 Å². The minimum absolute atomic E-state index is 0.0263. The van der Waals surface area contributed by atoms with Gasteiger partial charge in [0.15, 0.2) is 11.5 Å². The number of likely N-dealkylation sites (tertiary alicyclic amines) is 1. The molecule has 2 aliphatic rings. The van der Waals surface area contributed by atoms with Crippen molar-refractivity contribution in [2.24, 2.45) is 0 Å². The lowest BCUT2D eigenvalue weighted by atomic mass is 9.74. The van der Waals surface area contributed by atoms with Crippen LogP contribution in [0.15, 0.2) is 12.1 Å². The molecular formula is C16H23NO2. The van der Waals surface area contributed by atoms with Crippen LogP contribution < -0.4 is 0 Å². The van der Waals surface area contributed by atoms with E-state index in [1.165, 1.54) is 37.9 Å². The highest BCUT2D eigenvalue weighted by Crippen LogP contribution is 2.45. The van der Waals surface area contributed by atoms with Gasteiger partial charge in [-0.3, -0.25) is 4.90 Å². The molecule has 2 N–H and O–H groups in total. The zero-order valence-electron chi connectivity index (χ0n) is 11.6. The fourth-order valence-corrected chi connectivity index (χ4v) is 3.98. The van der Waals surface area contributed by atoms with Crippen LogP contribution in [0.4, 0.5) is 0 Å². The van der Waals surface area contributed by atoms with E-state index in [9.17, 15) is 10.2 Å². The van der Waals surface area contributed by atoms with Crippen molar-refractivity contribution in [3.8, 4) is 11.5 Å². The maximum absolute atomic E-state index is 10.0. The fraction of sp³-hybridized carbons (Fsp3) is 0.625. The van der Waals surface area contributed by atoms with E-state index in [2.05, 4.69) is 11.8 Å². The van der Waals surface area contributed by atoms with Crippen LogP contribution in [0.3, 0.4) is 0 Å².